The van der Waals surface area contributed by atoms with Gasteiger partial charge in [-0.2, -0.15) is 0 Å². The third kappa shape index (κ3) is 4.94. The van der Waals surface area contributed by atoms with Crippen LogP contribution < -0.4 is 16.4 Å². The summed E-state index contributed by atoms with van der Waals surface area (Å²) in [5.74, 6) is 0.454. The Labute approximate surface area is 126 Å². The Morgan fingerprint density at radius 1 is 1.20 bits per heavy atom. The highest BCUT2D eigenvalue weighted by atomic mass is 35.5. The summed E-state index contributed by atoms with van der Waals surface area (Å²) in [5.41, 5.74) is 5.62. The molecule has 0 aromatic heterocycles. The fourth-order valence-corrected chi connectivity index (χ4v) is 2.74. The lowest BCUT2D eigenvalue weighted by Crippen LogP contribution is -2.51. The molecule has 20 heavy (non-hydrogen) atoms. The van der Waals surface area contributed by atoms with E-state index in [1.165, 1.54) is 0 Å². The lowest BCUT2D eigenvalue weighted by molar-refractivity contribution is -0.124. The van der Waals surface area contributed by atoms with E-state index in [-0.39, 0.29) is 35.7 Å². The SMILES string of the molecule is Cl.NCC1(NC(=O)CCCNC(=O)C2CC2)CCCC1. The number of nitrogens with one attached hydrogen (secondary N) is 2. The number of hydrogen-bond acceptors (Lipinski definition) is 3. The molecule has 2 fully saturated rings. The van der Waals surface area contributed by atoms with Crippen molar-refractivity contribution in [2.75, 3.05) is 13.1 Å². The molecule has 0 aromatic rings. The molecule has 2 amide bonds. The second-order valence-corrected chi connectivity index (χ2v) is 5.91. The maximum absolute atomic E-state index is 11.9. The first kappa shape index (κ1) is 17.2. The molecule has 116 valence electrons. The minimum atomic E-state index is -0.158. The van der Waals surface area contributed by atoms with Crippen molar-refractivity contribution in [2.24, 2.45) is 11.7 Å². The van der Waals surface area contributed by atoms with Crippen LogP contribution in [0.25, 0.3) is 0 Å². The van der Waals surface area contributed by atoms with Crippen LogP contribution in [0.2, 0.25) is 0 Å². The fourth-order valence-electron chi connectivity index (χ4n) is 2.74. The molecule has 5 nitrogen and oxygen atoms in total. The van der Waals surface area contributed by atoms with Crippen molar-refractivity contribution in [3.63, 3.8) is 0 Å². The van der Waals surface area contributed by atoms with E-state index in [9.17, 15) is 9.59 Å². The van der Waals surface area contributed by atoms with E-state index in [2.05, 4.69) is 10.6 Å². The summed E-state index contributed by atoms with van der Waals surface area (Å²) in [7, 11) is 0. The third-order valence-corrected chi connectivity index (χ3v) is 4.18. The Morgan fingerprint density at radius 2 is 1.85 bits per heavy atom. The largest absolute Gasteiger partial charge is 0.356 e. The molecule has 0 aromatic carbocycles. The Kier molecular flexibility index (Phi) is 6.76. The molecular weight excluding hydrogens is 278 g/mol. The van der Waals surface area contributed by atoms with Crippen LogP contribution in [0.1, 0.15) is 51.4 Å². The summed E-state index contributed by atoms with van der Waals surface area (Å²) in [6, 6.07) is 0. The number of rotatable bonds is 7. The molecule has 0 aliphatic heterocycles. The van der Waals surface area contributed by atoms with Gasteiger partial charge in [0.2, 0.25) is 11.8 Å². The van der Waals surface area contributed by atoms with Gasteiger partial charge in [0.25, 0.3) is 0 Å². The van der Waals surface area contributed by atoms with Gasteiger partial charge >= 0.3 is 0 Å². The summed E-state index contributed by atoms with van der Waals surface area (Å²) in [6.07, 6.45) is 7.49. The summed E-state index contributed by atoms with van der Waals surface area (Å²) >= 11 is 0. The van der Waals surface area contributed by atoms with Crippen LogP contribution in [0.15, 0.2) is 0 Å². The molecular formula is C14H26ClN3O2. The summed E-state index contributed by atoms with van der Waals surface area (Å²) < 4.78 is 0. The molecule has 0 unspecified atom stereocenters. The van der Waals surface area contributed by atoms with Crippen LogP contribution in [0.3, 0.4) is 0 Å². The van der Waals surface area contributed by atoms with Crippen LogP contribution in [0.4, 0.5) is 0 Å². The second kappa shape index (κ2) is 7.84. The zero-order valence-electron chi connectivity index (χ0n) is 12.0. The predicted octanol–water partition coefficient (Wildman–Crippen LogP) is 1.10. The molecule has 4 N–H and O–H groups in total. The monoisotopic (exact) mass is 303 g/mol. The second-order valence-electron chi connectivity index (χ2n) is 5.91. The number of carbonyl (C=O) groups is 2. The average molecular weight is 304 g/mol. The van der Waals surface area contributed by atoms with Gasteiger partial charge in [0.1, 0.15) is 0 Å². The highest BCUT2D eigenvalue weighted by Crippen LogP contribution is 2.29. The van der Waals surface area contributed by atoms with Crippen molar-refractivity contribution in [3.8, 4) is 0 Å². The Balaban J connectivity index is 0.00000200. The number of nitrogens with two attached hydrogens (primary N) is 1. The zero-order chi connectivity index (χ0) is 13.7. The van der Waals surface area contributed by atoms with Gasteiger partial charge in [0, 0.05) is 25.4 Å². The molecule has 6 heteroatoms. The first-order valence-electron chi connectivity index (χ1n) is 7.44. The van der Waals surface area contributed by atoms with Gasteiger partial charge in [0.15, 0.2) is 0 Å². The van der Waals surface area contributed by atoms with Crippen molar-refractivity contribution >= 4 is 24.2 Å². The molecule has 0 atom stereocenters. The topological polar surface area (TPSA) is 84.2 Å². The van der Waals surface area contributed by atoms with E-state index in [1.54, 1.807) is 0 Å². The van der Waals surface area contributed by atoms with Crippen LogP contribution in [0.5, 0.6) is 0 Å². The highest BCUT2D eigenvalue weighted by molar-refractivity contribution is 5.85. The number of amides is 2. The maximum Gasteiger partial charge on any atom is 0.223 e. The first-order chi connectivity index (χ1) is 9.15. The van der Waals surface area contributed by atoms with Crippen molar-refractivity contribution in [1.82, 2.24) is 10.6 Å². The average Bonchev–Trinajstić information content (AvgIpc) is 3.16. The zero-order valence-corrected chi connectivity index (χ0v) is 12.8. The molecule has 2 aliphatic rings. The standard InChI is InChI=1S/C14H25N3O2.ClH/c15-10-14(7-1-2-8-14)17-12(18)4-3-9-16-13(19)11-5-6-11;/h11H,1-10,15H2,(H,16,19)(H,17,18);1H. The summed E-state index contributed by atoms with van der Waals surface area (Å²) in [6.45, 7) is 1.12. The molecule has 2 rings (SSSR count). The van der Waals surface area contributed by atoms with Crippen LogP contribution >= 0.6 is 12.4 Å². The van der Waals surface area contributed by atoms with Crippen molar-refractivity contribution in [3.05, 3.63) is 0 Å². The van der Waals surface area contributed by atoms with Gasteiger partial charge in [-0.1, -0.05) is 12.8 Å². The smallest absolute Gasteiger partial charge is 0.223 e. The number of carbonyl (C=O) groups excluding carboxylic acids is 2. The molecule has 0 bridgehead atoms. The van der Waals surface area contributed by atoms with Gasteiger partial charge in [-0.3, -0.25) is 9.59 Å². The minimum Gasteiger partial charge on any atom is -0.356 e. The van der Waals surface area contributed by atoms with Gasteiger partial charge < -0.3 is 16.4 Å². The lowest BCUT2D eigenvalue weighted by Gasteiger charge is -2.28. The predicted molar refractivity (Wildman–Crippen MR) is 80.6 cm³/mol. The molecule has 0 heterocycles. The molecule has 0 radical (unpaired) electrons. The molecule has 2 saturated carbocycles. The molecule has 2 aliphatic carbocycles. The Hall–Kier alpha value is -0.810. The summed E-state index contributed by atoms with van der Waals surface area (Å²) in [5, 5.41) is 5.96. The van der Waals surface area contributed by atoms with Gasteiger partial charge in [-0.25, -0.2) is 0 Å². The van der Waals surface area contributed by atoms with Crippen molar-refractivity contribution < 1.29 is 9.59 Å². The number of halogens is 1. The van der Waals surface area contributed by atoms with E-state index < -0.39 is 0 Å². The fraction of sp³-hybridized carbons (Fsp3) is 0.857. The third-order valence-electron chi connectivity index (χ3n) is 4.18. The normalized spacial score (nSPS) is 20.1. The number of hydrogen-bond donors (Lipinski definition) is 3. The van der Waals surface area contributed by atoms with E-state index >= 15 is 0 Å². The van der Waals surface area contributed by atoms with Gasteiger partial charge in [-0.05, 0) is 32.1 Å². The van der Waals surface area contributed by atoms with E-state index in [0.29, 0.717) is 25.9 Å². The molecule has 0 spiro atoms. The van der Waals surface area contributed by atoms with Gasteiger partial charge in [-0.15, -0.1) is 12.4 Å². The van der Waals surface area contributed by atoms with E-state index in [4.69, 9.17) is 5.73 Å². The van der Waals surface area contributed by atoms with Gasteiger partial charge in [0.05, 0.1) is 5.54 Å². The molecule has 0 saturated heterocycles. The maximum atomic E-state index is 11.9. The van der Waals surface area contributed by atoms with Crippen LogP contribution in [-0.2, 0) is 9.59 Å². The summed E-state index contributed by atoms with van der Waals surface area (Å²) in [4.78, 5) is 23.3. The van der Waals surface area contributed by atoms with E-state index in [1.807, 2.05) is 0 Å². The Bertz CT molecular complexity index is 339. The lowest BCUT2D eigenvalue weighted by atomic mass is 9.97. The first-order valence-corrected chi connectivity index (χ1v) is 7.44. The van der Waals surface area contributed by atoms with Crippen LogP contribution in [0, 0.1) is 5.92 Å². The minimum absolute atomic E-state index is 0. The Morgan fingerprint density at radius 3 is 2.40 bits per heavy atom. The van der Waals surface area contributed by atoms with E-state index in [0.717, 1.165) is 38.5 Å². The van der Waals surface area contributed by atoms with Crippen LogP contribution in [-0.4, -0.2) is 30.4 Å². The van der Waals surface area contributed by atoms with Crippen molar-refractivity contribution in [1.29, 1.82) is 0 Å². The highest BCUT2D eigenvalue weighted by Gasteiger charge is 2.33. The van der Waals surface area contributed by atoms with Crippen molar-refractivity contribution in [2.45, 2.75) is 56.9 Å². The quantitative estimate of drug-likeness (QED) is 0.616.